The van der Waals surface area contributed by atoms with Crippen molar-refractivity contribution < 1.29 is 9.53 Å². The fourth-order valence-electron chi connectivity index (χ4n) is 4.08. The van der Waals surface area contributed by atoms with Crippen LogP contribution in [0.2, 0.25) is 0 Å². The van der Waals surface area contributed by atoms with Gasteiger partial charge in [-0.2, -0.15) is 0 Å². The number of aromatic nitrogens is 1. The molecule has 3 aromatic carbocycles. The summed E-state index contributed by atoms with van der Waals surface area (Å²) in [5.74, 6) is 0.574. The maximum absolute atomic E-state index is 13.5. The van der Waals surface area contributed by atoms with Gasteiger partial charge in [0.2, 0.25) is 0 Å². The van der Waals surface area contributed by atoms with Crippen LogP contribution in [0.5, 0.6) is 5.75 Å². The molecule has 1 atom stereocenters. The molecule has 32 heavy (non-hydrogen) atoms. The Hall–Kier alpha value is -3.46. The number of para-hydroxylation sites is 1. The van der Waals surface area contributed by atoms with Crippen molar-refractivity contribution in [2.75, 3.05) is 0 Å². The second kappa shape index (κ2) is 8.96. The zero-order chi connectivity index (χ0) is 22.8. The summed E-state index contributed by atoms with van der Waals surface area (Å²) >= 11 is 0. The van der Waals surface area contributed by atoms with Crippen LogP contribution in [0.1, 0.15) is 58.8 Å². The van der Waals surface area contributed by atoms with Gasteiger partial charge in [-0.15, -0.1) is 0 Å². The maximum Gasteiger partial charge on any atom is 0.344 e. The Morgan fingerprint density at radius 1 is 0.938 bits per heavy atom. The third kappa shape index (κ3) is 4.29. The predicted molar refractivity (Wildman–Crippen MR) is 131 cm³/mol. The molecule has 162 valence electrons. The maximum atomic E-state index is 13.5. The largest absolute Gasteiger partial charge is 0.423 e. The van der Waals surface area contributed by atoms with E-state index in [-0.39, 0.29) is 5.97 Å². The first-order chi connectivity index (χ1) is 15.4. The standard InChI is InChI=1S/C29H29NO2/c1-6-20(4)23-9-7-8-10-27(23)32-29(31)25-17-26(22-13-11-18(2)12-14-22)30-28-21(5)15-19(3)16-24(25)28/h7-17,20H,6H2,1-5H3. The molecule has 0 amide bonds. The fourth-order valence-corrected chi connectivity index (χ4v) is 4.08. The highest BCUT2D eigenvalue weighted by Gasteiger charge is 2.19. The first kappa shape index (κ1) is 21.8. The molecular formula is C29H29NO2. The normalized spacial score (nSPS) is 12.0. The van der Waals surface area contributed by atoms with Crippen LogP contribution in [0.3, 0.4) is 0 Å². The molecule has 0 saturated heterocycles. The van der Waals surface area contributed by atoms with Crippen molar-refractivity contribution in [3.8, 4) is 17.0 Å². The van der Waals surface area contributed by atoms with Gasteiger partial charge in [-0.3, -0.25) is 0 Å². The summed E-state index contributed by atoms with van der Waals surface area (Å²) < 4.78 is 5.99. The van der Waals surface area contributed by atoms with Gasteiger partial charge in [0, 0.05) is 10.9 Å². The summed E-state index contributed by atoms with van der Waals surface area (Å²) in [6, 6.07) is 22.0. The van der Waals surface area contributed by atoms with Crippen molar-refractivity contribution in [3.63, 3.8) is 0 Å². The minimum atomic E-state index is -0.355. The van der Waals surface area contributed by atoms with E-state index in [0.29, 0.717) is 17.2 Å². The van der Waals surface area contributed by atoms with Crippen molar-refractivity contribution in [2.45, 2.75) is 47.0 Å². The highest BCUT2D eigenvalue weighted by molar-refractivity contribution is 6.06. The van der Waals surface area contributed by atoms with Crippen LogP contribution in [0.4, 0.5) is 0 Å². The lowest BCUT2D eigenvalue weighted by molar-refractivity contribution is 0.0734. The van der Waals surface area contributed by atoms with Gasteiger partial charge < -0.3 is 4.74 Å². The minimum absolute atomic E-state index is 0.306. The second-order valence-corrected chi connectivity index (χ2v) is 8.64. The fraction of sp³-hybridized carbons (Fsp3) is 0.241. The van der Waals surface area contributed by atoms with E-state index >= 15 is 0 Å². The zero-order valence-electron chi connectivity index (χ0n) is 19.4. The number of ether oxygens (including phenoxy) is 1. The molecular weight excluding hydrogens is 394 g/mol. The summed E-state index contributed by atoms with van der Waals surface area (Å²) in [6.07, 6.45) is 0.975. The molecule has 0 N–H and O–H groups in total. The Balaban J connectivity index is 1.86. The molecule has 0 spiro atoms. The molecule has 0 aliphatic carbocycles. The molecule has 3 heteroatoms. The Kier molecular flexibility index (Phi) is 6.09. The molecule has 3 nitrogen and oxygen atoms in total. The first-order valence-corrected chi connectivity index (χ1v) is 11.2. The first-order valence-electron chi connectivity index (χ1n) is 11.2. The van der Waals surface area contributed by atoms with Crippen molar-refractivity contribution in [1.29, 1.82) is 0 Å². The lowest BCUT2D eigenvalue weighted by Crippen LogP contribution is -2.12. The van der Waals surface area contributed by atoms with Gasteiger partial charge in [-0.1, -0.05) is 73.5 Å². The molecule has 0 aliphatic rings. The third-order valence-corrected chi connectivity index (χ3v) is 6.08. The lowest BCUT2D eigenvalue weighted by atomic mass is 9.97. The van der Waals surface area contributed by atoms with Crippen molar-refractivity contribution in [2.24, 2.45) is 0 Å². The van der Waals surface area contributed by atoms with Gasteiger partial charge >= 0.3 is 5.97 Å². The monoisotopic (exact) mass is 423 g/mol. The number of pyridine rings is 1. The number of rotatable bonds is 5. The number of benzene rings is 3. The van der Waals surface area contributed by atoms with E-state index in [2.05, 4.69) is 39.0 Å². The van der Waals surface area contributed by atoms with Crippen molar-refractivity contribution in [1.82, 2.24) is 4.98 Å². The van der Waals surface area contributed by atoms with E-state index in [0.717, 1.165) is 45.3 Å². The summed E-state index contributed by atoms with van der Waals surface area (Å²) in [7, 11) is 0. The topological polar surface area (TPSA) is 39.2 Å². The Morgan fingerprint density at radius 3 is 2.38 bits per heavy atom. The molecule has 4 rings (SSSR count). The minimum Gasteiger partial charge on any atom is -0.423 e. The molecule has 1 heterocycles. The quantitative estimate of drug-likeness (QED) is 0.246. The van der Waals surface area contributed by atoms with Crippen LogP contribution in [-0.4, -0.2) is 11.0 Å². The summed E-state index contributed by atoms with van der Waals surface area (Å²) in [5, 5.41) is 0.824. The van der Waals surface area contributed by atoms with Gasteiger partial charge in [-0.25, -0.2) is 9.78 Å². The third-order valence-electron chi connectivity index (χ3n) is 6.08. The molecule has 0 bridgehead atoms. The van der Waals surface area contributed by atoms with Gasteiger partial charge in [0.15, 0.2) is 0 Å². The average molecular weight is 424 g/mol. The molecule has 0 fully saturated rings. The van der Waals surface area contributed by atoms with Gasteiger partial charge in [0.05, 0.1) is 16.8 Å². The summed E-state index contributed by atoms with van der Waals surface area (Å²) in [5.41, 5.74) is 7.48. The highest BCUT2D eigenvalue weighted by atomic mass is 16.5. The number of esters is 1. The van der Waals surface area contributed by atoms with Gasteiger partial charge in [0.25, 0.3) is 0 Å². The van der Waals surface area contributed by atoms with E-state index < -0.39 is 0 Å². The van der Waals surface area contributed by atoms with Crippen LogP contribution in [0.25, 0.3) is 22.2 Å². The number of carbonyl (C=O) groups excluding carboxylic acids is 1. The summed E-state index contributed by atoms with van der Waals surface area (Å²) in [6.45, 7) is 10.4. The van der Waals surface area contributed by atoms with Crippen molar-refractivity contribution in [3.05, 3.63) is 94.5 Å². The molecule has 1 unspecified atom stereocenters. The van der Waals surface area contributed by atoms with Gasteiger partial charge in [-0.05, 0) is 62.4 Å². The van der Waals surface area contributed by atoms with Crippen molar-refractivity contribution >= 4 is 16.9 Å². The van der Waals surface area contributed by atoms with Crippen LogP contribution in [0, 0.1) is 20.8 Å². The average Bonchev–Trinajstić information content (AvgIpc) is 2.79. The Morgan fingerprint density at radius 2 is 1.66 bits per heavy atom. The molecule has 4 aromatic rings. The van der Waals surface area contributed by atoms with Crippen LogP contribution < -0.4 is 4.74 Å². The number of hydrogen-bond donors (Lipinski definition) is 0. The Bertz CT molecular complexity index is 1290. The lowest BCUT2D eigenvalue weighted by Gasteiger charge is -2.16. The van der Waals surface area contributed by atoms with E-state index in [1.807, 2.05) is 62.4 Å². The molecule has 0 aliphatic heterocycles. The molecule has 0 saturated carbocycles. The van der Waals surface area contributed by atoms with E-state index in [9.17, 15) is 4.79 Å². The number of nitrogens with zero attached hydrogens (tertiary/aromatic N) is 1. The van der Waals surface area contributed by atoms with Crippen LogP contribution >= 0.6 is 0 Å². The SMILES string of the molecule is CCC(C)c1ccccc1OC(=O)c1cc(-c2ccc(C)cc2)nc2c(C)cc(C)cc12. The Labute approximate surface area is 190 Å². The number of carbonyl (C=O) groups is 1. The van der Waals surface area contributed by atoms with Crippen LogP contribution in [0.15, 0.2) is 66.7 Å². The van der Waals surface area contributed by atoms with E-state index in [1.165, 1.54) is 5.56 Å². The molecule has 0 radical (unpaired) electrons. The van der Waals surface area contributed by atoms with Gasteiger partial charge in [0.1, 0.15) is 5.75 Å². The molecule has 1 aromatic heterocycles. The number of fused-ring (bicyclic) bond motifs is 1. The number of hydrogen-bond acceptors (Lipinski definition) is 3. The zero-order valence-corrected chi connectivity index (χ0v) is 19.4. The summed E-state index contributed by atoms with van der Waals surface area (Å²) in [4.78, 5) is 18.4. The highest BCUT2D eigenvalue weighted by Crippen LogP contribution is 2.32. The smallest absolute Gasteiger partial charge is 0.344 e. The second-order valence-electron chi connectivity index (χ2n) is 8.64. The van der Waals surface area contributed by atoms with E-state index in [4.69, 9.17) is 9.72 Å². The predicted octanol–water partition coefficient (Wildman–Crippen LogP) is 7.56. The number of aryl methyl sites for hydroxylation is 3. The van der Waals surface area contributed by atoms with Crippen LogP contribution in [-0.2, 0) is 0 Å². The van der Waals surface area contributed by atoms with E-state index in [1.54, 1.807) is 0 Å².